The van der Waals surface area contributed by atoms with Crippen LogP contribution < -0.4 is 4.74 Å². The van der Waals surface area contributed by atoms with Gasteiger partial charge in [0.1, 0.15) is 16.5 Å². The molecule has 0 spiro atoms. The second-order valence-corrected chi connectivity index (χ2v) is 5.33. The fourth-order valence-corrected chi connectivity index (χ4v) is 2.82. The second-order valence-electron chi connectivity index (χ2n) is 4.30. The molecular weight excluding hydrogens is 276 g/mol. The molecule has 6 nitrogen and oxygen atoms in total. The third-order valence-corrected chi connectivity index (χ3v) is 3.94. The third kappa shape index (κ3) is 2.50. The van der Waals surface area contributed by atoms with E-state index in [4.69, 9.17) is 9.84 Å². The van der Waals surface area contributed by atoms with Crippen molar-refractivity contribution in [2.24, 2.45) is 0 Å². The lowest BCUT2D eigenvalue weighted by molar-refractivity contribution is 0.276. The molecule has 0 amide bonds. The van der Waals surface area contributed by atoms with E-state index in [1.54, 1.807) is 23.1 Å². The lowest BCUT2D eigenvalue weighted by atomic mass is 10.3. The van der Waals surface area contributed by atoms with E-state index in [2.05, 4.69) is 15.3 Å². The fraction of sp³-hybridized carbons (Fsp3) is 0.308. The number of aliphatic hydroxyl groups is 1. The maximum absolute atomic E-state index is 8.81. The van der Waals surface area contributed by atoms with Gasteiger partial charge in [-0.2, -0.15) is 0 Å². The predicted molar refractivity (Wildman–Crippen MR) is 76.9 cm³/mol. The first kappa shape index (κ1) is 13.0. The monoisotopic (exact) mass is 290 g/mol. The molecule has 0 aliphatic heterocycles. The van der Waals surface area contributed by atoms with Crippen LogP contribution in [0.25, 0.3) is 20.9 Å². The molecule has 0 aliphatic rings. The highest BCUT2D eigenvalue weighted by Gasteiger charge is 2.10. The van der Waals surface area contributed by atoms with Gasteiger partial charge in [-0.05, 0) is 24.6 Å². The van der Waals surface area contributed by atoms with Gasteiger partial charge in [-0.15, -0.1) is 16.4 Å². The zero-order chi connectivity index (χ0) is 13.9. The second kappa shape index (κ2) is 5.56. The largest absolute Gasteiger partial charge is 0.497 e. The van der Waals surface area contributed by atoms with Crippen molar-refractivity contribution in [1.82, 2.24) is 20.0 Å². The number of methoxy groups -OCH3 is 1. The number of nitrogens with zero attached hydrogens (tertiary/aromatic N) is 4. The number of rotatable bonds is 5. The van der Waals surface area contributed by atoms with Crippen LogP contribution in [0.4, 0.5) is 0 Å². The number of aromatic nitrogens is 4. The van der Waals surface area contributed by atoms with Crippen molar-refractivity contribution in [3.63, 3.8) is 0 Å². The molecule has 0 unspecified atom stereocenters. The Bertz CT molecular complexity index is 722. The van der Waals surface area contributed by atoms with E-state index in [1.165, 1.54) is 0 Å². The van der Waals surface area contributed by atoms with E-state index < -0.39 is 0 Å². The summed E-state index contributed by atoms with van der Waals surface area (Å²) in [5, 5.41) is 17.8. The number of fused-ring (bicyclic) bond motifs is 1. The maximum atomic E-state index is 8.81. The molecule has 0 fully saturated rings. The van der Waals surface area contributed by atoms with Gasteiger partial charge in [-0.3, -0.25) is 4.68 Å². The Kier molecular flexibility index (Phi) is 3.62. The molecule has 3 rings (SSSR count). The van der Waals surface area contributed by atoms with Crippen molar-refractivity contribution in [1.29, 1.82) is 0 Å². The Morgan fingerprint density at radius 2 is 2.30 bits per heavy atom. The number of hydrogen-bond donors (Lipinski definition) is 1. The number of benzene rings is 1. The highest BCUT2D eigenvalue weighted by molar-refractivity contribution is 7.21. The number of ether oxygens (including phenoxy) is 1. The van der Waals surface area contributed by atoms with Gasteiger partial charge in [-0.25, -0.2) is 4.98 Å². The topological polar surface area (TPSA) is 73.1 Å². The van der Waals surface area contributed by atoms with Crippen molar-refractivity contribution < 1.29 is 9.84 Å². The summed E-state index contributed by atoms with van der Waals surface area (Å²) in [4.78, 5) is 4.55. The van der Waals surface area contributed by atoms with Crippen molar-refractivity contribution in [2.75, 3.05) is 13.7 Å². The molecule has 3 aromatic rings. The lowest BCUT2D eigenvalue weighted by Crippen LogP contribution is -2.00. The molecule has 1 N–H and O–H groups in total. The van der Waals surface area contributed by atoms with E-state index in [9.17, 15) is 0 Å². The van der Waals surface area contributed by atoms with E-state index in [1.807, 2.05) is 24.4 Å². The van der Waals surface area contributed by atoms with Gasteiger partial charge in [0.15, 0.2) is 0 Å². The molecule has 2 heterocycles. The minimum atomic E-state index is 0.149. The third-order valence-electron chi connectivity index (χ3n) is 2.90. The van der Waals surface area contributed by atoms with Gasteiger partial charge in [-0.1, -0.05) is 5.21 Å². The minimum Gasteiger partial charge on any atom is -0.497 e. The Labute approximate surface area is 119 Å². The van der Waals surface area contributed by atoms with Crippen LogP contribution in [0.3, 0.4) is 0 Å². The van der Waals surface area contributed by atoms with Crippen molar-refractivity contribution in [2.45, 2.75) is 13.0 Å². The van der Waals surface area contributed by atoms with Crippen molar-refractivity contribution in [3.8, 4) is 16.5 Å². The average molecular weight is 290 g/mol. The quantitative estimate of drug-likeness (QED) is 0.777. The summed E-state index contributed by atoms with van der Waals surface area (Å²) in [5.41, 5.74) is 1.68. The standard InChI is InChI=1S/C13H14N4O2S/c1-19-9-3-4-10-12(7-9)20-13(14-10)11-8-17(16-15-11)5-2-6-18/h3-4,7-8,18H,2,5-6H2,1H3. The first-order valence-electron chi connectivity index (χ1n) is 6.26. The van der Waals surface area contributed by atoms with Crippen LogP contribution in [0.15, 0.2) is 24.4 Å². The summed E-state index contributed by atoms with van der Waals surface area (Å²) < 4.78 is 7.99. The molecule has 7 heteroatoms. The van der Waals surface area contributed by atoms with Crippen LogP contribution in [0.5, 0.6) is 5.75 Å². The summed E-state index contributed by atoms with van der Waals surface area (Å²) in [5.74, 6) is 0.819. The molecule has 2 aromatic heterocycles. The Morgan fingerprint density at radius 3 is 3.10 bits per heavy atom. The molecular formula is C13H14N4O2S. The Hall–Kier alpha value is -1.99. The Balaban J connectivity index is 1.91. The number of hydrogen-bond acceptors (Lipinski definition) is 6. The number of aryl methyl sites for hydroxylation is 1. The van der Waals surface area contributed by atoms with E-state index >= 15 is 0 Å². The molecule has 104 valence electrons. The zero-order valence-electron chi connectivity index (χ0n) is 11.0. The van der Waals surface area contributed by atoms with Gasteiger partial charge >= 0.3 is 0 Å². The number of thiazole rings is 1. The SMILES string of the molecule is COc1ccc2nc(-c3cn(CCCO)nn3)sc2c1. The average Bonchev–Trinajstić information content (AvgIpc) is 3.10. The summed E-state index contributed by atoms with van der Waals surface area (Å²) in [6.45, 7) is 0.804. The van der Waals surface area contributed by atoms with Gasteiger partial charge < -0.3 is 9.84 Å². The van der Waals surface area contributed by atoms with Crippen LogP contribution >= 0.6 is 11.3 Å². The molecule has 0 atom stereocenters. The van der Waals surface area contributed by atoms with Crippen molar-refractivity contribution in [3.05, 3.63) is 24.4 Å². The summed E-state index contributed by atoms with van der Waals surface area (Å²) >= 11 is 1.56. The molecule has 0 aliphatic carbocycles. The molecule has 0 saturated carbocycles. The van der Waals surface area contributed by atoms with E-state index in [0.717, 1.165) is 26.7 Å². The molecule has 0 radical (unpaired) electrons. The van der Waals surface area contributed by atoms with E-state index in [-0.39, 0.29) is 6.61 Å². The van der Waals surface area contributed by atoms with Crippen LogP contribution in [0.1, 0.15) is 6.42 Å². The van der Waals surface area contributed by atoms with Gasteiger partial charge in [0, 0.05) is 13.2 Å². The normalized spacial score (nSPS) is 11.1. The van der Waals surface area contributed by atoms with E-state index in [0.29, 0.717) is 13.0 Å². The lowest BCUT2D eigenvalue weighted by Gasteiger charge is -1.96. The highest BCUT2D eigenvalue weighted by atomic mass is 32.1. The van der Waals surface area contributed by atoms with Crippen LogP contribution in [0.2, 0.25) is 0 Å². The van der Waals surface area contributed by atoms with Gasteiger partial charge in [0.25, 0.3) is 0 Å². The summed E-state index contributed by atoms with van der Waals surface area (Å²) in [7, 11) is 1.65. The first-order valence-corrected chi connectivity index (χ1v) is 7.08. The van der Waals surface area contributed by atoms with Crippen LogP contribution in [-0.2, 0) is 6.54 Å². The fourth-order valence-electron chi connectivity index (χ4n) is 1.88. The predicted octanol–water partition coefficient (Wildman–Crippen LogP) is 1.95. The minimum absolute atomic E-state index is 0.149. The molecule has 1 aromatic carbocycles. The van der Waals surface area contributed by atoms with Crippen LogP contribution in [-0.4, -0.2) is 38.8 Å². The molecule has 20 heavy (non-hydrogen) atoms. The smallest absolute Gasteiger partial charge is 0.146 e. The van der Waals surface area contributed by atoms with Gasteiger partial charge in [0.2, 0.25) is 0 Å². The molecule has 0 saturated heterocycles. The zero-order valence-corrected chi connectivity index (χ0v) is 11.8. The Morgan fingerprint density at radius 1 is 1.40 bits per heavy atom. The maximum Gasteiger partial charge on any atom is 0.146 e. The molecule has 0 bridgehead atoms. The first-order chi connectivity index (χ1) is 9.80. The van der Waals surface area contributed by atoms with Crippen molar-refractivity contribution >= 4 is 21.6 Å². The summed E-state index contributed by atoms with van der Waals surface area (Å²) in [6.07, 6.45) is 2.52. The van der Waals surface area contributed by atoms with Crippen LogP contribution in [0, 0.1) is 0 Å². The summed E-state index contributed by atoms with van der Waals surface area (Å²) in [6, 6.07) is 5.79. The van der Waals surface area contributed by atoms with Gasteiger partial charge in [0.05, 0.1) is 23.5 Å². The number of aliphatic hydroxyl groups excluding tert-OH is 1. The highest BCUT2D eigenvalue weighted by Crippen LogP contribution is 2.31.